The number of esters is 1. The molecule has 0 amide bonds. The minimum Gasteiger partial charge on any atom is -0.423 e. The first kappa shape index (κ1) is 12.9. The van der Waals surface area contributed by atoms with Crippen molar-refractivity contribution in [2.24, 2.45) is 0 Å². The molecule has 1 aliphatic rings. The largest absolute Gasteiger partial charge is 0.423 e. The van der Waals surface area contributed by atoms with Crippen LogP contribution in [0.5, 0.6) is 0 Å². The number of hydrogen-bond acceptors (Lipinski definition) is 2. The fraction of sp³-hybridized carbons (Fsp3) is 0.438. The number of benzene rings is 1. The molecule has 0 atom stereocenters. The fourth-order valence-corrected chi connectivity index (χ4v) is 2.22. The van der Waals surface area contributed by atoms with Crippen LogP contribution in [0.4, 0.5) is 0 Å². The molecule has 0 aliphatic carbocycles. The van der Waals surface area contributed by atoms with Gasteiger partial charge in [0.1, 0.15) is 5.76 Å². The summed E-state index contributed by atoms with van der Waals surface area (Å²) in [4.78, 5) is 11.6. The monoisotopic (exact) mass is 244 g/mol. The van der Waals surface area contributed by atoms with Gasteiger partial charge in [-0.25, -0.2) is 4.79 Å². The van der Waals surface area contributed by atoms with E-state index in [1.807, 2.05) is 24.3 Å². The third-order valence-electron chi connectivity index (χ3n) is 3.25. The van der Waals surface area contributed by atoms with Gasteiger partial charge in [0, 0.05) is 5.56 Å². The molecule has 2 rings (SSSR count). The van der Waals surface area contributed by atoms with E-state index in [-0.39, 0.29) is 5.97 Å². The molecule has 1 aliphatic heterocycles. The molecule has 0 saturated carbocycles. The van der Waals surface area contributed by atoms with Crippen molar-refractivity contribution in [2.75, 3.05) is 0 Å². The summed E-state index contributed by atoms with van der Waals surface area (Å²) < 4.78 is 5.28. The van der Waals surface area contributed by atoms with Gasteiger partial charge in [-0.1, -0.05) is 50.8 Å². The summed E-state index contributed by atoms with van der Waals surface area (Å²) in [5, 5.41) is 0. The molecule has 1 aromatic rings. The third kappa shape index (κ3) is 3.00. The average Bonchev–Trinajstić information content (AvgIpc) is 2.71. The minimum atomic E-state index is -0.220. The lowest BCUT2D eigenvalue weighted by Gasteiger charge is -1.99. The van der Waals surface area contributed by atoms with Gasteiger partial charge in [-0.15, -0.1) is 0 Å². The van der Waals surface area contributed by atoms with Crippen LogP contribution in [-0.2, 0) is 4.74 Å². The molecule has 0 spiro atoms. The number of rotatable bonds is 6. The molecule has 2 nitrogen and oxygen atoms in total. The zero-order valence-corrected chi connectivity index (χ0v) is 10.9. The van der Waals surface area contributed by atoms with E-state index in [1.165, 1.54) is 32.1 Å². The van der Waals surface area contributed by atoms with Gasteiger partial charge in [0.05, 0.1) is 5.56 Å². The molecule has 0 N–H and O–H groups in total. The van der Waals surface area contributed by atoms with Crippen molar-refractivity contribution in [3.63, 3.8) is 0 Å². The maximum Gasteiger partial charge on any atom is 0.344 e. The highest BCUT2D eigenvalue weighted by molar-refractivity contribution is 6.02. The van der Waals surface area contributed by atoms with E-state index in [9.17, 15) is 4.79 Å². The molecule has 0 fully saturated rings. The highest BCUT2D eigenvalue weighted by atomic mass is 16.5. The lowest BCUT2D eigenvalue weighted by molar-refractivity contribution is 0.0715. The standard InChI is InChI=1S/C16H20O2/c1-2-3-4-5-6-7-12-15-13-10-8-9-11-14(13)16(17)18-15/h8-12H,2-7H2,1H3/b15-12-. The molecule has 0 saturated heterocycles. The summed E-state index contributed by atoms with van der Waals surface area (Å²) in [5.74, 6) is 0.522. The Labute approximate surface area is 109 Å². The lowest BCUT2D eigenvalue weighted by atomic mass is 10.1. The Bertz CT molecular complexity index is 446. The van der Waals surface area contributed by atoms with Crippen LogP contribution in [0.1, 0.15) is 61.4 Å². The zero-order valence-electron chi connectivity index (χ0n) is 10.9. The van der Waals surface area contributed by atoms with Crippen LogP contribution in [0.2, 0.25) is 0 Å². The molecular formula is C16H20O2. The molecule has 1 heterocycles. The van der Waals surface area contributed by atoms with E-state index in [4.69, 9.17) is 4.74 Å². The lowest BCUT2D eigenvalue weighted by Crippen LogP contribution is -1.92. The Morgan fingerprint density at radius 1 is 1.06 bits per heavy atom. The molecule has 0 bridgehead atoms. The van der Waals surface area contributed by atoms with Gasteiger partial charge in [0.2, 0.25) is 0 Å². The van der Waals surface area contributed by atoms with Crippen molar-refractivity contribution < 1.29 is 9.53 Å². The summed E-state index contributed by atoms with van der Waals surface area (Å²) in [6, 6.07) is 7.58. The smallest absolute Gasteiger partial charge is 0.344 e. The van der Waals surface area contributed by atoms with Crippen molar-refractivity contribution >= 4 is 11.7 Å². The Morgan fingerprint density at radius 3 is 2.56 bits per heavy atom. The van der Waals surface area contributed by atoms with Crippen molar-refractivity contribution in [1.29, 1.82) is 0 Å². The number of cyclic esters (lactones) is 1. The normalized spacial score (nSPS) is 15.8. The van der Waals surface area contributed by atoms with E-state index >= 15 is 0 Å². The summed E-state index contributed by atoms with van der Waals surface area (Å²) in [6.07, 6.45) is 9.35. The van der Waals surface area contributed by atoms with Gasteiger partial charge in [-0.2, -0.15) is 0 Å². The molecular weight excluding hydrogens is 224 g/mol. The molecule has 1 aromatic carbocycles. The highest BCUT2D eigenvalue weighted by Gasteiger charge is 2.24. The summed E-state index contributed by atoms with van der Waals surface area (Å²) >= 11 is 0. The minimum absolute atomic E-state index is 0.220. The molecule has 0 radical (unpaired) electrons. The Kier molecular flexibility index (Phi) is 4.57. The van der Waals surface area contributed by atoms with Crippen LogP contribution in [0, 0.1) is 0 Å². The molecule has 0 unspecified atom stereocenters. The maximum absolute atomic E-state index is 11.6. The van der Waals surface area contributed by atoms with Crippen LogP contribution in [-0.4, -0.2) is 5.97 Å². The number of fused-ring (bicyclic) bond motifs is 1. The van der Waals surface area contributed by atoms with Gasteiger partial charge in [-0.3, -0.25) is 0 Å². The van der Waals surface area contributed by atoms with E-state index in [2.05, 4.69) is 13.0 Å². The van der Waals surface area contributed by atoms with Gasteiger partial charge in [0.15, 0.2) is 0 Å². The summed E-state index contributed by atoms with van der Waals surface area (Å²) in [7, 11) is 0. The van der Waals surface area contributed by atoms with Crippen molar-refractivity contribution in [2.45, 2.75) is 45.4 Å². The van der Waals surface area contributed by atoms with Crippen LogP contribution >= 0.6 is 0 Å². The van der Waals surface area contributed by atoms with E-state index in [0.717, 1.165) is 17.7 Å². The highest BCUT2D eigenvalue weighted by Crippen LogP contribution is 2.29. The second-order valence-electron chi connectivity index (χ2n) is 4.71. The van der Waals surface area contributed by atoms with Crippen LogP contribution in [0.25, 0.3) is 5.76 Å². The number of ether oxygens (including phenoxy) is 1. The zero-order chi connectivity index (χ0) is 12.8. The Hall–Kier alpha value is -1.57. The molecule has 2 heteroatoms. The predicted molar refractivity (Wildman–Crippen MR) is 73.2 cm³/mol. The van der Waals surface area contributed by atoms with Gasteiger partial charge < -0.3 is 4.74 Å². The fourth-order valence-electron chi connectivity index (χ4n) is 2.22. The van der Waals surface area contributed by atoms with Crippen molar-refractivity contribution in [3.8, 4) is 0 Å². The topological polar surface area (TPSA) is 26.3 Å². The SMILES string of the molecule is CCCCCCC/C=C1\OC(=O)c2ccccc21. The van der Waals surface area contributed by atoms with Gasteiger partial charge >= 0.3 is 5.97 Å². The van der Waals surface area contributed by atoms with E-state index < -0.39 is 0 Å². The predicted octanol–water partition coefficient (Wildman–Crippen LogP) is 4.56. The molecule has 96 valence electrons. The maximum atomic E-state index is 11.6. The van der Waals surface area contributed by atoms with E-state index in [1.54, 1.807) is 0 Å². The van der Waals surface area contributed by atoms with Crippen LogP contribution in [0.3, 0.4) is 0 Å². The Balaban J connectivity index is 1.89. The van der Waals surface area contributed by atoms with Gasteiger partial charge in [0.25, 0.3) is 0 Å². The average molecular weight is 244 g/mol. The third-order valence-corrected chi connectivity index (χ3v) is 3.25. The van der Waals surface area contributed by atoms with Crippen molar-refractivity contribution in [1.82, 2.24) is 0 Å². The van der Waals surface area contributed by atoms with E-state index in [0.29, 0.717) is 5.56 Å². The van der Waals surface area contributed by atoms with Crippen LogP contribution < -0.4 is 0 Å². The van der Waals surface area contributed by atoms with Crippen molar-refractivity contribution in [3.05, 3.63) is 41.5 Å². The second kappa shape index (κ2) is 6.39. The quantitative estimate of drug-likeness (QED) is 0.541. The number of carbonyl (C=O) groups excluding carboxylic acids is 1. The first-order valence-corrected chi connectivity index (χ1v) is 6.84. The van der Waals surface area contributed by atoms with Gasteiger partial charge in [-0.05, 0) is 25.0 Å². The molecule has 0 aromatic heterocycles. The Morgan fingerprint density at radius 2 is 1.78 bits per heavy atom. The first-order valence-electron chi connectivity index (χ1n) is 6.84. The second-order valence-corrected chi connectivity index (χ2v) is 4.71. The number of carbonyl (C=O) groups is 1. The summed E-state index contributed by atoms with van der Waals surface area (Å²) in [6.45, 7) is 2.22. The van der Waals surface area contributed by atoms with Crippen LogP contribution in [0.15, 0.2) is 30.3 Å². The molecule has 18 heavy (non-hydrogen) atoms. The number of hydrogen-bond donors (Lipinski definition) is 0. The number of unbranched alkanes of at least 4 members (excludes halogenated alkanes) is 5. The summed E-state index contributed by atoms with van der Waals surface area (Å²) in [5.41, 5.74) is 1.63. The first-order chi connectivity index (χ1) is 8.83. The number of allylic oxidation sites excluding steroid dienone is 1.